The number of nitrogens with zero attached hydrogens (tertiary/aromatic N) is 1. The van der Waals surface area contributed by atoms with E-state index in [2.05, 4.69) is 0 Å². The van der Waals surface area contributed by atoms with E-state index in [1.165, 1.54) is 6.07 Å². The van der Waals surface area contributed by atoms with Crippen LogP contribution in [0.25, 0.3) is 5.69 Å². The molecule has 1 aromatic heterocycles. The summed E-state index contributed by atoms with van der Waals surface area (Å²) in [6.45, 7) is 0. The molecule has 1 heterocycles. The van der Waals surface area contributed by atoms with Gasteiger partial charge in [0, 0.05) is 30.3 Å². The van der Waals surface area contributed by atoms with Gasteiger partial charge in [0.25, 0.3) is 5.56 Å². The van der Waals surface area contributed by atoms with Crippen LogP contribution >= 0.6 is 0 Å². The molecule has 0 atom stereocenters. The van der Waals surface area contributed by atoms with Crippen molar-refractivity contribution in [3.63, 3.8) is 0 Å². The van der Waals surface area contributed by atoms with Crippen LogP contribution in [-0.4, -0.2) is 10.4 Å². The van der Waals surface area contributed by atoms with Crippen LogP contribution in [-0.2, 0) is 6.42 Å². The third kappa shape index (κ3) is 3.42. The highest BCUT2D eigenvalue weighted by atomic mass is 19.1. The van der Waals surface area contributed by atoms with Gasteiger partial charge in [-0.2, -0.15) is 0 Å². The number of carbonyl (C=O) groups is 1. The topological polar surface area (TPSA) is 39.1 Å². The van der Waals surface area contributed by atoms with Crippen molar-refractivity contribution in [3.8, 4) is 5.69 Å². The lowest BCUT2D eigenvalue weighted by atomic mass is 10.0. The molecular weight excluding hydrogens is 350 g/mol. The molecule has 7 heteroatoms. The predicted molar refractivity (Wildman–Crippen MR) is 86.3 cm³/mol. The standard InChI is InChI=1S/C19H11F4NO2/c20-13-6-4-11(16(23)9-13)8-17(25)12-5-7-18(26)24(10-12)19-14(21)2-1-3-15(19)22/h1-7,9-10H,8H2. The number of benzene rings is 2. The van der Waals surface area contributed by atoms with Gasteiger partial charge < -0.3 is 0 Å². The van der Waals surface area contributed by atoms with Crippen molar-refractivity contribution in [2.24, 2.45) is 0 Å². The largest absolute Gasteiger partial charge is 0.294 e. The fraction of sp³-hybridized carbons (Fsp3) is 0.0526. The Balaban J connectivity index is 1.99. The molecule has 0 aliphatic heterocycles. The second-order valence-corrected chi connectivity index (χ2v) is 5.53. The summed E-state index contributed by atoms with van der Waals surface area (Å²) in [5, 5.41) is 0. The van der Waals surface area contributed by atoms with Crippen LogP contribution in [0.2, 0.25) is 0 Å². The minimum absolute atomic E-state index is 0.0359. The highest BCUT2D eigenvalue weighted by Gasteiger charge is 2.16. The number of rotatable bonds is 4. The molecule has 3 nitrogen and oxygen atoms in total. The normalized spacial score (nSPS) is 10.8. The van der Waals surface area contributed by atoms with Crippen molar-refractivity contribution in [3.05, 3.63) is 99.5 Å². The highest BCUT2D eigenvalue weighted by Crippen LogP contribution is 2.17. The second kappa shape index (κ2) is 6.95. The number of Topliss-reactive ketones (excluding diaryl/α,β-unsaturated/α-hetero) is 1. The molecule has 0 aliphatic rings. The average molecular weight is 361 g/mol. The molecular formula is C19H11F4NO2. The minimum Gasteiger partial charge on any atom is -0.294 e. The molecule has 0 aliphatic carbocycles. The number of ketones is 1. The summed E-state index contributed by atoms with van der Waals surface area (Å²) in [5.41, 5.74) is -1.43. The van der Waals surface area contributed by atoms with E-state index >= 15 is 0 Å². The molecule has 0 fully saturated rings. The number of carbonyl (C=O) groups excluding carboxylic acids is 1. The molecule has 0 N–H and O–H groups in total. The molecule has 2 aromatic carbocycles. The van der Waals surface area contributed by atoms with Crippen molar-refractivity contribution >= 4 is 5.78 Å². The van der Waals surface area contributed by atoms with Crippen LogP contribution in [0.1, 0.15) is 15.9 Å². The molecule has 26 heavy (non-hydrogen) atoms. The molecule has 0 amide bonds. The zero-order valence-corrected chi connectivity index (χ0v) is 13.2. The first-order chi connectivity index (χ1) is 12.4. The van der Waals surface area contributed by atoms with Gasteiger partial charge in [-0.05, 0) is 29.8 Å². The number of para-hydroxylation sites is 1. The van der Waals surface area contributed by atoms with Gasteiger partial charge in [0.1, 0.15) is 29.0 Å². The molecule has 132 valence electrons. The quantitative estimate of drug-likeness (QED) is 0.524. The number of hydrogen-bond donors (Lipinski definition) is 0. The van der Waals surface area contributed by atoms with Gasteiger partial charge in [-0.1, -0.05) is 12.1 Å². The van der Waals surface area contributed by atoms with E-state index in [1.807, 2.05) is 0 Å². The molecule has 0 radical (unpaired) electrons. The van der Waals surface area contributed by atoms with E-state index in [0.29, 0.717) is 10.6 Å². The maximum absolute atomic E-state index is 13.9. The van der Waals surface area contributed by atoms with E-state index in [-0.39, 0.29) is 11.1 Å². The van der Waals surface area contributed by atoms with Gasteiger partial charge in [-0.25, -0.2) is 17.6 Å². The smallest absolute Gasteiger partial charge is 0.255 e. The Hall–Kier alpha value is -3.22. The van der Waals surface area contributed by atoms with E-state index in [4.69, 9.17) is 0 Å². The van der Waals surface area contributed by atoms with Crippen LogP contribution in [0, 0.1) is 23.3 Å². The van der Waals surface area contributed by atoms with Crippen molar-refractivity contribution in [2.75, 3.05) is 0 Å². The lowest BCUT2D eigenvalue weighted by Gasteiger charge is -2.10. The van der Waals surface area contributed by atoms with Crippen molar-refractivity contribution in [1.29, 1.82) is 0 Å². The third-order valence-corrected chi connectivity index (χ3v) is 3.78. The molecule has 0 spiro atoms. The second-order valence-electron chi connectivity index (χ2n) is 5.53. The SMILES string of the molecule is O=C(Cc1ccc(F)cc1F)c1ccc(=O)n(-c2c(F)cccc2F)c1. The summed E-state index contributed by atoms with van der Waals surface area (Å²) < 4.78 is 55.1. The van der Waals surface area contributed by atoms with Gasteiger partial charge in [0.05, 0.1) is 0 Å². The maximum Gasteiger partial charge on any atom is 0.255 e. The summed E-state index contributed by atoms with van der Waals surface area (Å²) in [6, 6.07) is 8.07. The average Bonchev–Trinajstić information content (AvgIpc) is 2.58. The Labute approximate surface area is 145 Å². The predicted octanol–water partition coefficient (Wildman–Crippen LogP) is 3.82. The maximum atomic E-state index is 13.9. The first kappa shape index (κ1) is 17.6. The van der Waals surface area contributed by atoms with Crippen molar-refractivity contribution < 1.29 is 22.4 Å². The van der Waals surface area contributed by atoms with Gasteiger partial charge in [-0.15, -0.1) is 0 Å². The zero-order valence-electron chi connectivity index (χ0n) is 13.2. The van der Waals surface area contributed by atoms with Gasteiger partial charge in [0.15, 0.2) is 5.78 Å². The lowest BCUT2D eigenvalue weighted by Crippen LogP contribution is -2.21. The van der Waals surface area contributed by atoms with Gasteiger partial charge >= 0.3 is 0 Å². The fourth-order valence-corrected chi connectivity index (χ4v) is 2.49. The highest BCUT2D eigenvalue weighted by molar-refractivity contribution is 5.97. The fourth-order valence-electron chi connectivity index (χ4n) is 2.49. The van der Waals surface area contributed by atoms with Crippen molar-refractivity contribution in [1.82, 2.24) is 4.57 Å². The molecule has 0 saturated heterocycles. The van der Waals surface area contributed by atoms with Crippen LogP contribution in [0.5, 0.6) is 0 Å². The molecule has 3 aromatic rings. The third-order valence-electron chi connectivity index (χ3n) is 3.78. The first-order valence-corrected chi connectivity index (χ1v) is 7.51. The summed E-state index contributed by atoms with van der Waals surface area (Å²) >= 11 is 0. The first-order valence-electron chi connectivity index (χ1n) is 7.51. The Morgan fingerprint density at radius 3 is 2.23 bits per heavy atom. The summed E-state index contributed by atoms with van der Waals surface area (Å²) in [5.74, 6) is -4.20. The molecule has 3 rings (SSSR count). The van der Waals surface area contributed by atoms with E-state index < -0.39 is 46.7 Å². The summed E-state index contributed by atoms with van der Waals surface area (Å²) in [4.78, 5) is 24.3. The molecule has 0 bridgehead atoms. The van der Waals surface area contributed by atoms with Gasteiger partial charge in [0.2, 0.25) is 0 Å². The Morgan fingerprint density at radius 2 is 1.58 bits per heavy atom. The number of aromatic nitrogens is 1. The van der Waals surface area contributed by atoms with E-state index in [9.17, 15) is 27.2 Å². The monoisotopic (exact) mass is 361 g/mol. The summed E-state index contributed by atoms with van der Waals surface area (Å²) in [7, 11) is 0. The number of halogens is 4. The van der Waals surface area contributed by atoms with Crippen LogP contribution in [0.15, 0.2) is 59.5 Å². The Kier molecular flexibility index (Phi) is 4.71. The Bertz CT molecular complexity index is 1040. The van der Waals surface area contributed by atoms with Crippen LogP contribution in [0.3, 0.4) is 0 Å². The van der Waals surface area contributed by atoms with Crippen LogP contribution < -0.4 is 5.56 Å². The minimum atomic E-state index is -0.971. The molecule has 0 unspecified atom stereocenters. The number of pyridine rings is 1. The van der Waals surface area contributed by atoms with Crippen molar-refractivity contribution in [2.45, 2.75) is 6.42 Å². The molecule has 0 saturated carbocycles. The van der Waals surface area contributed by atoms with E-state index in [1.54, 1.807) is 0 Å². The van der Waals surface area contributed by atoms with Gasteiger partial charge in [-0.3, -0.25) is 14.2 Å². The number of hydrogen-bond acceptors (Lipinski definition) is 2. The van der Waals surface area contributed by atoms with E-state index in [0.717, 1.165) is 42.6 Å². The summed E-state index contributed by atoms with van der Waals surface area (Å²) in [6.07, 6.45) is 0.595. The lowest BCUT2D eigenvalue weighted by molar-refractivity contribution is 0.0991. The zero-order chi connectivity index (χ0) is 18.8. The Morgan fingerprint density at radius 1 is 0.885 bits per heavy atom. The van der Waals surface area contributed by atoms with Crippen LogP contribution in [0.4, 0.5) is 17.6 Å².